The highest BCUT2D eigenvalue weighted by Crippen LogP contribution is 2.17. The number of allylic oxidation sites excluding steroid dienone is 1. The molecule has 1 heteroatoms. The van der Waals surface area contributed by atoms with E-state index in [0.29, 0.717) is 0 Å². The van der Waals surface area contributed by atoms with E-state index in [1.807, 2.05) is 12.1 Å². The van der Waals surface area contributed by atoms with Crippen molar-refractivity contribution in [3.8, 4) is 17.6 Å². The van der Waals surface area contributed by atoms with Crippen molar-refractivity contribution in [1.82, 2.24) is 0 Å². The first-order chi connectivity index (χ1) is 8.27. The van der Waals surface area contributed by atoms with Gasteiger partial charge in [0.2, 0.25) is 0 Å². The van der Waals surface area contributed by atoms with Gasteiger partial charge >= 0.3 is 0 Å². The second-order valence-corrected chi connectivity index (χ2v) is 3.97. The maximum absolute atomic E-state index is 5.18. The van der Waals surface area contributed by atoms with Gasteiger partial charge in [0, 0.05) is 12.8 Å². The van der Waals surface area contributed by atoms with Crippen LogP contribution in [0.25, 0.3) is 0 Å². The van der Waals surface area contributed by atoms with E-state index < -0.39 is 0 Å². The molecule has 0 aromatic heterocycles. The Morgan fingerprint density at radius 2 is 2.06 bits per heavy atom. The van der Waals surface area contributed by atoms with Gasteiger partial charge in [-0.15, -0.1) is 18.4 Å². The van der Waals surface area contributed by atoms with Crippen LogP contribution in [-0.2, 0) is 6.42 Å². The maximum atomic E-state index is 5.18. The van der Waals surface area contributed by atoms with Crippen LogP contribution in [0.2, 0.25) is 0 Å². The summed E-state index contributed by atoms with van der Waals surface area (Å²) in [6, 6.07) is 6.20. The predicted molar refractivity (Wildman–Crippen MR) is 73.3 cm³/mol. The Morgan fingerprint density at radius 3 is 2.71 bits per heavy atom. The Morgan fingerprint density at radius 1 is 1.29 bits per heavy atom. The fraction of sp³-hybridized carbons (Fsp3) is 0.375. The summed E-state index contributed by atoms with van der Waals surface area (Å²) < 4.78 is 5.18. The summed E-state index contributed by atoms with van der Waals surface area (Å²) in [6.45, 7) is 5.79. The molecule has 0 aliphatic carbocycles. The predicted octanol–water partition coefficient (Wildman–Crippen LogP) is 3.91. The number of benzene rings is 1. The second kappa shape index (κ2) is 7.57. The number of hydrogen-bond acceptors (Lipinski definition) is 1. The summed E-state index contributed by atoms with van der Waals surface area (Å²) in [5.41, 5.74) is 2.63. The van der Waals surface area contributed by atoms with Gasteiger partial charge in [-0.05, 0) is 43.0 Å². The highest BCUT2D eigenvalue weighted by atomic mass is 16.5. The van der Waals surface area contributed by atoms with E-state index in [4.69, 9.17) is 4.74 Å². The van der Waals surface area contributed by atoms with Crippen molar-refractivity contribution >= 4 is 0 Å². The van der Waals surface area contributed by atoms with Gasteiger partial charge in [0.1, 0.15) is 5.75 Å². The molecular formula is C16H20O. The Hall–Kier alpha value is -1.68. The summed E-state index contributed by atoms with van der Waals surface area (Å²) in [5, 5.41) is 0. The molecule has 1 aromatic carbocycles. The first-order valence-corrected chi connectivity index (χ1v) is 5.98. The zero-order valence-electron chi connectivity index (χ0n) is 10.8. The minimum absolute atomic E-state index is 0.920. The third kappa shape index (κ3) is 4.78. The van der Waals surface area contributed by atoms with Gasteiger partial charge in [-0.3, -0.25) is 0 Å². The van der Waals surface area contributed by atoms with Crippen LogP contribution in [-0.4, -0.2) is 7.11 Å². The van der Waals surface area contributed by atoms with E-state index >= 15 is 0 Å². The van der Waals surface area contributed by atoms with E-state index in [2.05, 4.69) is 37.5 Å². The Balaban J connectivity index is 2.45. The SMILES string of the molecule is C=CCCC#CCCc1ccc(OC)cc1C. The topological polar surface area (TPSA) is 9.23 Å². The average molecular weight is 228 g/mol. The normalized spacial score (nSPS) is 9.29. The number of methoxy groups -OCH3 is 1. The number of rotatable bonds is 5. The molecule has 0 saturated carbocycles. The van der Waals surface area contributed by atoms with E-state index in [9.17, 15) is 0 Å². The summed E-state index contributed by atoms with van der Waals surface area (Å²) >= 11 is 0. The molecule has 0 unspecified atom stereocenters. The molecule has 0 fully saturated rings. The second-order valence-electron chi connectivity index (χ2n) is 3.97. The van der Waals surface area contributed by atoms with Crippen molar-refractivity contribution < 1.29 is 4.74 Å². The fourth-order valence-electron chi connectivity index (χ4n) is 1.62. The van der Waals surface area contributed by atoms with Crippen LogP contribution in [0.15, 0.2) is 30.9 Å². The van der Waals surface area contributed by atoms with Gasteiger partial charge < -0.3 is 4.74 Å². The first kappa shape index (κ1) is 13.4. The van der Waals surface area contributed by atoms with Gasteiger partial charge in [-0.1, -0.05) is 12.1 Å². The van der Waals surface area contributed by atoms with Crippen LogP contribution in [0.4, 0.5) is 0 Å². The zero-order valence-corrected chi connectivity index (χ0v) is 10.8. The van der Waals surface area contributed by atoms with E-state index in [0.717, 1.165) is 31.4 Å². The molecule has 1 rings (SSSR count). The molecule has 17 heavy (non-hydrogen) atoms. The van der Waals surface area contributed by atoms with Gasteiger partial charge in [0.15, 0.2) is 0 Å². The lowest BCUT2D eigenvalue weighted by Gasteiger charge is -2.06. The monoisotopic (exact) mass is 228 g/mol. The molecule has 0 saturated heterocycles. The highest BCUT2D eigenvalue weighted by Gasteiger charge is 1.99. The standard InChI is InChI=1S/C16H20O/c1-4-5-6-7-8-9-10-15-11-12-16(17-3)13-14(15)2/h4,11-13H,1,5-6,9-10H2,2-3H3. The third-order valence-electron chi connectivity index (χ3n) is 2.67. The smallest absolute Gasteiger partial charge is 0.119 e. The number of unbranched alkanes of at least 4 members (excludes halogenated alkanes) is 1. The maximum Gasteiger partial charge on any atom is 0.119 e. The van der Waals surface area contributed by atoms with Crippen molar-refractivity contribution in [3.63, 3.8) is 0 Å². The molecule has 0 N–H and O–H groups in total. The zero-order chi connectivity index (χ0) is 12.5. The molecule has 0 aliphatic rings. The van der Waals surface area contributed by atoms with Crippen molar-refractivity contribution in [2.45, 2.75) is 32.6 Å². The van der Waals surface area contributed by atoms with Crippen LogP contribution in [0.5, 0.6) is 5.75 Å². The molecule has 0 aliphatic heterocycles. The van der Waals surface area contributed by atoms with Gasteiger partial charge in [0.05, 0.1) is 7.11 Å². The lowest BCUT2D eigenvalue weighted by molar-refractivity contribution is 0.414. The summed E-state index contributed by atoms with van der Waals surface area (Å²) in [7, 11) is 1.69. The quantitative estimate of drug-likeness (QED) is 0.422. The highest BCUT2D eigenvalue weighted by molar-refractivity contribution is 5.35. The molecular weight excluding hydrogens is 208 g/mol. The summed E-state index contributed by atoms with van der Waals surface area (Å²) in [5.74, 6) is 7.27. The summed E-state index contributed by atoms with van der Waals surface area (Å²) in [4.78, 5) is 0. The van der Waals surface area contributed by atoms with Crippen molar-refractivity contribution in [2.24, 2.45) is 0 Å². The molecule has 1 nitrogen and oxygen atoms in total. The van der Waals surface area contributed by atoms with Crippen LogP contribution in [0.3, 0.4) is 0 Å². The Bertz CT molecular complexity index is 421. The van der Waals surface area contributed by atoms with E-state index in [1.54, 1.807) is 7.11 Å². The number of ether oxygens (including phenoxy) is 1. The molecule has 0 radical (unpaired) electrons. The van der Waals surface area contributed by atoms with Gasteiger partial charge in [0.25, 0.3) is 0 Å². The van der Waals surface area contributed by atoms with Crippen LogP contribution in [0, 0.1) is 18.8 Å². The minimum atomic E-state index is 0.920. The Kier molecular flexibility index (Phi) is 5.96. The van der Waals surface area contributed by atoms with Crippen LogP contribution >= 0.6 is 0 Å². The summed E-state index contributed by atoms with van der Waals surface area (Å²) in [6.07, 6.45) is 5.74. The number of aryl methyl sites for hydroxylation is 2. The first-order valence-electron chi connectivity index (χ1n) is 5.98. The average Bonchev–Trinajstić information content (AvgIpc) is 2.35. The third-order valence-corrected chi connectivity index (χ3v) is 2.67. The molecule has 0 bridgehead atoms. The van der Waals surface area contributed by atoms with E-state index in [-0.39, 0.29) is 0 Å². The lowest BCUT2D eigenvalue weighted by atomic mass is 10.0. The van der Waals surface area contributed by atoms with E-state index in [1.165, 1.54) is 11.1 Å². The molecule has 90 valence electrons. The molecule has 0 spiro atoms. The Labute approximate surface area is 105 Å². The number of hydrogen-bond donors (Lipinski definition) is 0. The van der Waals surface area contributed by atoms with Gasteiger partial charge in [-0.25, -0.2) is 0 Å². The van der Waals surface area contributed by atoms with Crippen molar-refractivity contribution in [1.29, 1.82) is 0 Å². The molecule has 0 heterocycles. The fourth-order valence-corrected chi connectivity index (χ4v) is 1.62. The van der Waals surface area contributed by atoms with Crippen LogP contribution < -0.4 is 4.74 Å². The van der Waals surface area contributed by atoms with Crippen LogP contribution in [0.1, 0.15) is 30.4 Å². The van der Waals surface area contributed by atoms with Crippen molar-refractivity contribution in [3.05, 3.63) is 42.0 Å². The molecule has 0 amide bonds. The van der Waals surface area contributed by atoms with Crippen molar-refractivity contribution in [2.75, 3.05) is 7.11 Å². The lowest BCUT2D eigenvalue weighted by Crippen LogP contribution is -1.90. The molecule has 0 atom stereocenters. The largest absolute Gasteiger partial charge is 0.497 e. The molecule has 1 aromatic rings. The van der Waals surface area contributed by atoms with Gasteiger partial charge in [-0.2, -0.15) is 0 Å². The minimum Gasteiger partial charge on any atom is -0.497 e.